The highest BCUT2D eigenvalue weighted by atomic mass is 16.2. The monoisotopic (exact) mass is 352 g/mol. The summed E-state index contributed by atoms with van der Waals surface area (Å²) in [5, 5.41) is 3.45. The first-order valence-corrected chi connectivity index (χ1v) is 10.3. The van der Waals surface area contributed by atoms with E-state index in [-0.39, 0.29) is 17.4 Å². The van der Waals surface area contributed by atoms with Crippen molar-refractivity contribution in [2.75, 3.05) is 11.4 Å². The zero-order valence-corrected chi connectivity index (χ0v) is 15.4. The molecule has 4 bridgehead atoms. The van der Waals surface area contributed by atoms with Crippen LogP contribution >= 0.6 is 0 Å². The van der Waals surface area contributed by atoms with Crippen LogP contribution in [-0.2, 0) is 16.0 Å². The summed E-state index contributed by atoms with van der Waals surface area (Å²) in [6, 6.07) is 7.97. The van der Waals surface area contributed by atoms with Crippen LogP contribution in [0.3, 0.4) is 0 Å². The summed E-state index contributed by atoms with van der Waals surface area (Å²) in [5.74, 6) is 2.91. The van der Waals surface area contributed by atoms with Gasteiger partial charge in [-0.1, -0.05) is 12.1 Å². The molecule has 0 unspecified atom stereocenters. The van der Waals surface area contributed by atoms with Crippen molar-refractivity contribution in [3.05, 3.63) is 29.8 Å². The van der Waals surface area contributed by atoms with E-state index < -0.39 is 0 Å². The van der Waals surface area contributed by atoms with Gasteiger partial charge in [0.25, 0.3) is 0 Å². The molecule has 0 aromatic heterocycles. The molecule has 1 aliphatic heterocycles. The molecule has 5 fully saturated rings. The Labute approximate surface area is 155 Å². The zero-order chi connectivity index (χ0) is 17.7. The molecule has 26 heavy (non-hydrogen) atoms. The third-order valence-corrected chi connectivity index (χ3v) is 7.13. The van der Waals surface area contributed by atoms with E-state index in [1.54, 1.807) is 0 Å². The first-order valence-electron chi connectivity index (χ1n) is 10.3. The summed E-state index contributed by atoms with van der Waals surface area (Å²) in [5.41, 5.74) is 2.08. The lowest BCUT2D eigenvalue weighted by Gasteiger charge is -2.56. The first kappa shape index (κ1) is 16.3. The van der Waals surface area contributed by atoms with E-state index in [0.29, 0.717) is 12.8 Å². The van der Waals surface area contributed by atoms with Gasteiger partial charge in [-0.25, -0.2) is 0 Å². The Hall–Kier alpha value is -1.84. The number of anilines is 1. The second-order valence-electron chi connectivity index (χ2n) is 9.24. The SMILES string of the molecule is O=C(Cc1ccc(N2CCCC2=O)cc1)NC12CC3CC(CC(C3)C1)C2. The maximum atomic E-state index is 12.7. The Balaban J connectivity index is 1.23. The highest BCUT2D eigenvalue weighted by Gasteiger charge is 2.51. The normalized spacial score (nSPS) is 35.2. The van der Waals surface area contributed by atoms with Crippen LogP contribution in [0.1, 0.15) is 56.9 Å². The molecule has 138 valence electrons. The molecule has 4 nitrogen and oxygen atoms in total. The maximum absolute atomic E-state index is 12.7. The quantitative estimate of drug-likeness (QED) is 0.902. The number of amides is 2. The number of rotatable bonds is 4. The number of nitrogens with zero attached hydrogens (tertiary/aromatic N) is 1. The van der Waals surface area contributed by atoms with Gasteiger partial charge >= 0.3 is 0 Å². The second kappa shape index (κ2) is 6.11. The molecular formula is C22H28N2O2. The second-order valence-corrected chi connectivity index (χ2v) is 9.24. The Kier molecular flexibility index (Phi) is 3.84. The lowest BCUT2D eigenvalue weighted by molar-refractivity contribution is -0.126. The standard InChI is InChI=1S/C22H28N2O2/c25-20(23-22-12-16-8-17(13-22)10-18(9-16)14-22)11-15-3-5-19(6-4-15)24-7-1-2-21(24)26/h3-6,16-18H,1-2,7-14H2,(H,23,25). The number of carbonyl (C=O) groups excluding carboxylic acids is 2. The molecule has 1 aromatic rings. The molecule has 0 atom stereocenters. The molecule has 1 heterocycles. The average Bonchev–Trinajstić information content (AvgIpc) is 2.99. The smallest absolute Gasteiger partial charge is 0.227 e. The molecule has 4 aliphatic carbocycles. The Morgan fingerprint density at radius 2 is 1.65 bits per heavy atom. The van der Waals surface area contributed by atoms with Crippen molar-refractivity contribution >= 4 is 17.5 Å². The lowest BCUT2D eigenvalue weighted by atomic mass is 9.53. The van der Waals surface area contributed by atoms with E-state index >= 15 is 0 Å². The summed E-state index contributed by atoms with van der Waals surface area (Å²) >= 11 is 0. The Morgan fingerprint density at radius 1 is 1.04 bits per heavy atom. The highest BCUT2D eigenvalue weighted by molar-refractivity contribution is 5.95. The van der Waals surface area contributed by atoms with Gasteiger partial charge in [0.2, 0.25) is 11.8 Å². The molecule has 1 N–H and O–H groups in total. The van der Waals surface area contributed by atoms with Gasteiger partial charge in [-0.3, -0.25) is 9.59 Å². The van der Waals surface area contributed by atoms with Crippen molar-refractivity contribution in [1.82, 2.24) is 5.32 Å². The third-order valence-electron chi connectivity index (χ3n) is 7.13. The van der Waals surface area contributed by atoms with Gasteiger partial charge in [0.1, 0.15) is 0 Å². The number of benzene rings is 1. The van der Waals surface area contributed by atoms with Crippen LogP contribution in [0.25, 0.3) is 0 Å². The summed E-state index contributed by atoms with van der Waals surface area (Å²) in [7, 11) is 0. The van der Waals surface area contributed by atoms with Crippen LogP contribution in [0.15, 0.2) is 24.3 Å². The Bertz CT molecular complexity index is 689. The van der Waals surface area contributed by atoms with Gasteiger partial charge in [-0.05, 0) is 80.4 Å². The van der Waals surface area contributed by atoms with E-state index in [0.717, 1.165) is 42.0 Å². The van der Waals surface area contributed by atoms with Crippen LogP contribution in [0.4, 0.5) is 5.69 Å². The fourth-order valence-corrected chi connectivity index (χ4v) is 6.50. The van der Waals surface area contributed by atoms with Crippen LogP contribution in [0.2, 0.25) is 0 Å². The summed E-state index contributed by atoms with van der Waals surface area (Å²) in [4.78, 5) is 26.4. The molecule has 0 radical (unpaired) electrons. The molecule has 5 aliphatic rings. The minimum absolute atomic E-state index is 0.0910. The maximum Gasteiger partial charge on any atom is 0.227 e. The molecule has 6 rings (SSSR count). The van der Waals surface area contributed by atoms with Gasteiger partial charge in [-0.15, -0.1) is 0 Å². The molecule has 2 amide bonds. The van der Waals surface area contributed by atoms with Crippen LogP contribution in [0.5, 0.6) is 0 Å². The zero-order valence-electron chi connectivity index (χ0n) is 15.4. The summed E-state index contributed by atoms with van der Waals surface area (Å²) in [6.07, 6.45) is 9.80. The van der Waals surface area contributed by atoms with E-state index in [9.17, 15) is 9.59 Å². The van der Waals surface area contributed by atoms with Gasteiger partial charge in [0.15, 0.2) is 0 Å². The van der Waals surface area contributed by atoms with Crippen molar-refractivity contribution in [3.8, 4) is 0 Å². The minimum Gasteiger partial charge on any atom is -0.350 e. The van der Waals surface area contributed by atoms with Gasteiger partial charge in [0.05, 0.1) is 6.42 Å². The highest BCUT2D eigenvalue weighted by Crippen LogP contribution is 2.55. The van der Waals surface area contributed by atoms with E-state index in [1.165, 1.54) is 38.5 Å². The Morgan fingerprint density at radius 3 is 2.19 bits per heavy atom. The van der Waals surface area contributed by atoms with Gasteiger partial charge in [0, 0.05) is 24.2 Å². The fraction of sp³-hybridized carbons (Fsp3) is 0.636. The minimum atomic E-state index is 0.0910. The number of nitrogens with one attached hydrogen (secondary N) is 1. The van der Waals surface area contributed by atoms with Gasteiger partial charge in [-0.2, -0.15) is 0 Å². The predicted octanol–water partition coefficient (Wildman–Crippen LogP) is 3.44. The van der Waals surface area contributed by atoms with Crippen LogP contribution in [-0.4, -0.2) is 23.9 Å². The predicted molar refractivity (Wildman–Crippen MR) is 101 cm³/mol. The molecule has 1 aromatic carbocycles. The van der Waals surface area contributed by atoms with Crippen LogP contribution in [0, 0.1) is 17.8 Å². The number of carbonyl (C=O) groups is 2. The lowest BCUT2D eigenvalue weighted by Crippen LogP contribution is -2.60. The average molecular weight is 352 g/mol. The van der Waals surface area contributed by atoms with E-state index in [1.807, 2.05) is 29.2 Å². The molecular weight excluding hydrogens is 324 g/mol. The summed E-state index contributed by atoms with van der Waals surface area (Å²) < 4.78 is 0. The van der Waals surface area contributed by atoms with Crippen molar-refractivity contribution in [2.24, 2.45) is 17.8 Å². The van der Waals surface area contributed by atoms with Crippen molar-refractivity contribution in [3.63, 3.8) is 0 Å². The molecule has 4 saturated carbocycles. The third kappa shape index (κ3) is 2.93. The summed E-state index contributed by atoms with van der Waals surface area (Å²) in [6.45, 7) is 0.810. The topological polar surface area (TPSA) is 49.4 Å². The van der Waals surface area contributed by atoms with E-state index in [4.69, 9.17) is 0 Å². The van der Waals surface area contributed by atoms with E-state index in [2.05, 4.69) is 5.32 Å². The van der Waals surface area contributed by atoms with Gasteiger partial charge < -0.3 is 10.2 Å². The van der Waals surface area contributed by atoms with Crippen molar-refractivity contribution < 1.29 is 9.59 Å². The molecule has 1 saturated heterocycles. The van der Waals surface area contributed by atoms with Crippen molar-refractivity contribution in [2.45, 2.75) is 63.3 Å². The van der Waals surface area contributed by atoms with Crippen LogP contribution < -0.4 is 10.2 Å². The molecule has 0 spiro atoms. The van der Waals surface area contributed by atoms with Crippen molar-refractivity contribution in [1.29, 1.82) is 0 Å². The number of hydrogen-bond donors (Lipinski definition) is 1. The largest absolute Gasteiger partial charge is 0.350 e. The first-order chi connectivity index (χ1) is 12.6. The number of hydrogen-bond acceptors (Lipinski definition) is 2. The molecule has 4 heteroatoms. The fourth-order valence-electron chi connectivity index (χ4n) is 6.50.